The zero-order chi connectivity index (χ0) is 32.2. The zero-order valence-electron chi connectivity index (χ0n) is 24.7. The summed E-state index contributed by atoms with van der Waals surface area (Å²) in [6.07, 6.45) is 4.39. The molecule has 11 nitrogen and oxygen atoms in total. The lowest BCUT2D eigenvalue weighted by Gasteiger charge is -2.32. The Balaban J connectivity index is 1.47. The molecule has 1 aromatic carbocycles. The van der Waals surface area contributed by atoms with Gasteiger partial charge >= 0.3 is 12.9 Å². The topological polar surface area (TPSA) is 134 Å². The number of carbonyl (C=O) groups excluding carboxylic acids is 1. The van der Waals surface area contributed by atoms with Gasteiger partial charge in [-0.3, -0.25) is 4.55 Å². The molecule has 0 radical (unpaired) electrons. The van der Waals surface area contributed by atoms with Crippen LogP contribution < -0.4 is 4.84 Å². The summed E-state index contributed by atoms with van der Waals surface area (Å²) in [6.45, 7) is -1.81. The van der Waals surface area contributed by atoms with Crippen LogP contribution in [0.15, 0.2) is 64.7 Å². The smallest absolute Gasteiger partial charge is 0.492 e. The number of aromatic hydroxyl groups is 2. The summed E-state index contributed by atoms with van der Waals surface area (Å²) < 4.78 is 68.3. The molecule has 2 aliphatic rings. The van der Waals surface area contributed by atoms with Crippen molar-refractivity contribution in [1.29, 1.82) is 0 Å². The molecule has 0 fully saturated rings. The number of allylic oxidation sites excluding steroid dienone is 2. The summed E-state index contributed by atoms with van der Waals surface area (Å²) in [5.41, 5.74) is 3.40. The summed E-state index contributed by atoms with van der Waals surface area (Å²) in [6, 6.07) is 11.1. The fourth-order valence-corrected chi connectivity index (χ4v) is 6.27. The number of hydrogen-bond donors (Lipinski definition) is 3. The van der Waals surface area contributed by atoms with Gasteiger partial charge in [0.15, 0.2) is 16.3 Å². The van der Waals surface area contributed by atoms with E-state index < -0.39 is 46.1 Å². The van der Waals surface area contributed by atoms with Crippen LogP contribution >= 0.6 is 0 Å². The fourth-order valence-electron chi connectivity index (χ4n) is 5.70. The molecule has 0 amide bonds. The molecule has 0 aliphatic carbocycles. The minimum absolute atomic E-state index is 0.134. The number of aromatic nitrogens is 2. The molecule has 2 aromatic heterocycles. The molecule has 0 saturated carbocycles. The standard InChI is InChI=1S/C29H33BF2N4O7S/c1-19-15-22(12-13-28(38)43-35-27(37)18-26(29(35)39)44(40,41)42)33-23(19)17-25-21(11-8-14-36(2,3)4)16-24(34(25)30(33,31)32)20-9-6-5-7-10-20/h5-7,9-10,15-18H,8,11-14H2,1-4H3,(H2-,37,39,40,41,42)/p+1. The Morgan fingerprint density at radius 1 is 1.07 bits per heavy atom. The number of aryl methyl sites for hydroxylation is 2. The Labute approximate surface area is 253 Å². The zero-order valence-corrected chi connectivity index (χ0v) is 25.6. The van der Waals surface area contributed by atoms with Gasteiger partial charge in [-0.1, -0.05) is 18.2 Å². The van der Waals surface area contributed by atoms with E-state index in [2.05, 4.69) is 21.1 Å². The summed E-state index contributed by atoms with van der Waals surface area (Å²) in [4.78, 5) is 16.4. The molecule has 0 saturated heterocycles. The van der Waals surface area contributed by atoms with Gasteiger partial charge in [0.1, 0.15) is 0 Å². The second-order valence-electron chi connectivity index (χ2n) is 12.0. The molecule has 3 N–H and O–H groups in total. The number of carbonyl (C=O) groups is 1. The Kier molecular flexibility index (Phi) is 7.85. The molecule has 0 bridgehead atoms. The third-order valence-electron chi connectivity index (χ3n) is 7.69. The molecule has 0 unspecified atom stereocenters. The van der Waals surface area contributed by atoms with Crippen LogP contribution in [-0.2, 0) is 21.3 Å². The van der Waals surface area contributed by atoms with Crippen LogP contribution in [0, 0.1) is 6.92 Å². The largest absolute Gasteiger partial charge is 0.737 e. The molecule has 2 aliphatic heterocycles. The van der Waals surface area contributed by atoms with Gasteiger partial charge in [0.25, 0.3) is 16.0 Å². The highest BCUT2D eigenvalue weighted by Crippen LogP contribution is 2.39. The molecular weight excluding hydrogens is 597 g/mol. The highest BCUT2D eigenvalue weighted by atomic mass is 32.2. The van der Waals surface area contributed by atoms with Crippen molar-refractivity contribution in [1.82, 2.24) is 9.21 Å². The van der Waals surface area contributed by atoms with Crippen molar-refractivity contribution < 1.29 is 50.4 Å². The first-order valence-electron chi connectivity index (χ1n) is 14.0. The van der Waals surface area contributed by atoms with E-state index in [1.54, 1.807) is 43.3 Å². The molecule has 0 spiro atoms. The van der Waals surface area contributed by atoms with Gasteiger partial charge in [-0.25, -0.2) is 4.79 Å². The average molecular weight is 631 g/mol. The van der Waals surface area contributed by atoms with E-state index in [9.17, 15) is 23.4 Å². The van der Waals surface area contributed by atoms with Crippen LogP contribution in [0.5, 0.6) is 11.8 Å². The SMILES string of the molecule is Cc1cc(CCC(=O)On2c(O)cc(S(=O)(=O)O)c2O)n2c1C=C1C(CCC[N+](C)(C)C)=CC(c3ccccc3)=[N+]1[B-]2(F)F. The number of halogens is 2. The van der Waals surface area contributed by atoms with Crippen LogP contribution in [0.1, 0.15) is 41.8 Å². The minimum atomic E-state index is -4.92. The van der Waals surface area contributed by atoms with Gasteiger partial charge in [-0.15, -0.1) is 4.73 Å². The number of fused-ring (bicyclic) bond motifs is 2. The lowest BCUT2D eigenvalue weighted by molar-refractivity contribution is -0.870. The second-order valence-corrected chi connectivity index (χ2v) is 13.4. The van der Waals surface area contributed by atoms with Crippen molar-refractivity contribution in [3.8, 4) is 11.8 Å². The number of hydrogen-bond acceptors (Lipinski definition) is 6. The maximum Gasteiger partial charge on any atom is 0.737 e. The van der Waals surface area contributed by atoms with E-state index in [0.29, 0.717) is 40.7 Å². The molecule has 15 heteroatoms. The fraction of sp³-hybridized carbons (Fsp3) is 0.310. The average Bonchev–Trinajstić information content (AvgIpc) is 3.55. The van der Waals surface area contributed by atoms with E-state index in [1.165, 1.54) is 0 Å². The van der Waals surface area contributed by atoms with Gasteiger partial charge in [0.2, 0.25) is 5.88 Å². The van der Waals surface area contributed by atoms with E-state index in [4.69, 9.17) is 9.39 Å². The van der Waals surface area contributed by atoms with Gasteiger partial charge in [-0.2, -0.15) is 8.42 Å². The van der Waals surface area contributed by atoms with E-state index in [-0.39, 0.29) is 16.8 Å². The van der Waals surface area contributed by atoms with Crippen LogP contribution in [-0.4, -0.2) is 87.7 Å². The quantitative estimate of drug-likeness (QED) is 0.178. The number of quaternary nitrogens is 1. The highest BCUT2D eigenvalue weighted by molar-refractivity contribution is 7.86. The first kappa shape index (κ1) is 31.2. The van der Waals surface area contributed by atoms with Crippen molar-refractivity contribution >= 4 is 34.8 Å². The Morgan fingerprint density at radius 3 is 2.36 bits per heavy atom. The predicted molar refractivity (Wildman–Crippen MR) is 159 cm³/mol. The third-order valence-corrected chi connectivity index (χ3v) is 8.55. The first-order chi connectivity index (χ1) is 20.5. The molecule has 3 aromatic rings. The molecule has 5 rings (SSSR count). The van der Waals surface area contributed by atoms with Crippen molar-refractivity contribution in [2.75, 3.05) is 27.7 Å². The number of benzene rings is 1. The summed E-state index contributed by atoms with van der Waals surface area (Å²) in [5.74, 6) is -3.23. The second kappa shape index (κ2) is 11.1. The molecular formula is C29H34BF2N4O7S+. The van der Waals surface area contributed by atoms with Crippen molar-refractivity contribution in [2.24, 2.45) is 0 Å². The van der Waals surface area contributed by atoms with Crippen molar-refractivity contribution in [2.45, 2.75) is 37.5 Å². The van der Waals surface area contributed by atoms with Gasteiger partial charge in [0, 0.05) is 41.5 Å². The minimum Gasteiger partial charge on any atom is -0.492 e. The number of rotatable bonds is 10. The maximum absolute atomic E-state index is 16.7. The monoisotopic (exact) mass is 631 g/mol. The highest BCUT2D eigenvalue weighted by Gasteiger charge is 2.54. The maximum atomic E-state index is 16.7. The lowest BCUT2D eigenvalue weighted by Crippen LogP contribution is -2.51. The summed E-state index contributed by atoms with van der Waals surface area (Å²) in [5, 5.41) is 19.9. The first-order valence-corrected chi connectivity index (χ1v) is 15.4. The van der Waals surface area contributed by atoms with Crippen LogP contribution in [0.4, 0.5) is 8.63 Å². The van der Waals surface area contributed by atoms with E-state index in [1.807, 2.05) is 12.1 Å². The number of nitrogens with zero attached hydrogens (tertiary/aromatic N) is 4. The van der Waals surface area contributed by atoms with Crippen LogP contribution in [0.25, 0.3) is 6.08 Å². The van der Waals surface area contributed by atoms with Gasteiger partial charge in [-0.05, 0) is 49.2 Å². The lowest BCUT2D eigenvalue weighted by atomic mass is 9.88. The Hall–Kier alpha value is -4.21. The summed E-state index contributed by atoms with van der Waals surface area (Å²) >= 11 is 0. The normalized spacial score (nSPS) is 16.0. The van der Waals surface area contributed by atoms with Crippen LogP contribution in [0.2, 0.25) is 0 Å². The van der Waals surface area contributed by atoms with E-state index in [0.717, 1.165) is 32.0 Å². The van der Waals surface area contributed by atoms with E-state index >= 15 is 8.63 Å². The predicted octanol–water partition coefficient (Wildman–Crippen LogP) is 3.35. The molecule has 4 heterocycles. The van der Waals surface area contributed by atoms with Crippen LogP contribution in [0.3, 0.4) is 0 Å². The molecule has 234 valence electrons. The Morgan fingerprint density at radius 2 is 1.75 bits per heavy atom. The third kappa shape index (κ3) is 5.82. The Bertz CT molecular complexity index is 1850. The van der Waals surface area contributed by atoms with Gasteiger partial charge < -0.3 is 37.1 Å². The van der Waals surface area contributed by atoms with Gasteiger partial charge in [0.05, 0.1) is 34.1 Å². The van der Waals surface area contributed by atoms with Crippen molar-refractivity contribution in [3.63, 3.8) is 0 Å². The molecule has 44 heavy (non-hydrogen) atoms. The molecule has 0 atom stereocenters. The van der Waals surface area contributed by atoms with Crippen molar-refractivity contribution in [3.05, 3.63) is 82.3 Å². The summed E-state index contributed by atoms with van der Waals surface area (Å²) in [7, 11) is 1.34.